The number of rotatable bonds is 5. The van der Waals surface area contributed by atoms with Gasteiger partial charge in [0.1, 0.15) is 10.7 Å². The fraction of sp³-hybridized carbons (Fsp3) is 0.188. The number of imidazole rings is 1. The minimum atomic E-state index is 0.820. The molecule has 21 heavy (non-hydrogen) atoms. The first-order valence-corrected chi connectivity index (χ1v) is 8.49. The first-order valence-electron chi connectivity index (χ1n) is 6.88. The molecule has 1 aromatic carbocycles. The molecule has 0 saturated heterocycles. The van der Waals surface area contributed by atoms with E-state index in [9.17, 15) is 0 Å². The van der Waals surface area contributed by atoms with E-state index < -0.39 is 0 Å². The third-order valence-electron chi connectivity index (χ3n) is 3.16. The van der Waals surface area contributed by atoms with Gasteiger partial charge in [0.05, 0.1) is 5.69 Å². The largest absolute Gasteiger partial charge is 0.311 e. The lowest BCUT2D eigenvalue weighted by atomic mass is 10.4. The van der Waals surface area contributed by atoms with E-state index in [2.05, 4.69) is 63.0 Å². The Balaban J connectivity index is 1.97. The zero-order valence-corrected chi connectivity index (χ0v) is 14.1. The number of benzene rings is 1. The van der Waals surface area contributed by atoms with Crippen LogP contribution in [0.4, 0.5) is 0 Å². The summed E-state index contributed by atoms with van der Waals surface area (Å²) in [6.07, 6.45) is 2.07. The molecule has 108 valence electrons. The lowest BCUT2D eigenvalue weighted by Crippen LogP contribution is -2.13. The van der Waals surface area contributed by atoms with Gasteiger partial charge in [-0.3, -0.25) is 0 Å². The number of hydrogen-bond acceptors (Lipinski definition) is 3. The normalized spacial score (nSPS) is 11.1. The van der Waals surface area contributed by atoms with Gasteiger partial charge in [0.2, 0.25) is 0 Å². The lowest BCUT2D eigenvalue weighted by molar-refractivity contribution is 0.694. The molecule has 0 radical (unpaired) electrons. The summed E-state index contributed by atoms with van der Waals surface area (Å²) in [5, 5.41) is 4.46. The SMILES string of the molecule is CCNCc1c(Sc2ccc(Br)cc2)nc2ccccn12. The summed E-state index contributed by atoms with van der Waals surface area (Å²) in [7, 11) is 0. The maximum Gasteiger partial charge on any atom is 0.138 e. The highest BCUT2D eigenvalue weighted by Crippen LogP contribution is 2.31. The Morgan fingerprint density at radius 3 is 2.76 bits per heavy atom. The van der Waals surface area contributed by atoms with Gasteiger partial charge in [-0.1, -0.05) is 40.7 Å². The van der Waals surface area contributed by atoms with Crippen molar-refractivity contribution in [3.05, 3.63) is 58.8 Å². The molecule has 3 aromatic rings. The molecule has 0 aliphatic heterocycles. The minimum absolute atomic E-state index is 0.820. The highest BCUT2D eigenvalue weighted by atomic mass is 79.9. The van der Waals surface area contributed by atoms with E-state index in [1.165, 1.54) is 10.6 Å². The molecular weight excluding hydrogens is 346 g/mol. The molecule has 0 amide bonds. The van der Waals surface area contributed by atoms with Crippen molar-refractivity contribution >= 4 is 33.3 Å². The van der Waals surface area contributed by atoms with Gasteiger partial charge in [0.15, 0.2) is 0 Å². The Bertz CT molecular complexity index is 737. The van der Waals surface area contributed by atoms with E-state index >= 15 is 0 Å². The lowest BCUT2D eigenvalue weighted by Gasteiger charge is -2.05. The molecular formula is C16H16BrN3S. The fourth-order valence-electron chi connectivity index (χ4n) is 2.13. The third-order valence-corrected chi connectivity index (χ3v) is 4.72. The van der Waals surface area contributed by atoms with E-state index in [4.69, 9.17) is 4.98 Å². The van der Waals surface area contributed by atoms with Crippen molar-refractivity contribution in [2.45, 2.75) is 23.4 Å². The molecule has 3 rings (SSSR count). The Kier molecular flexibility index (Phi) is 4.63. The molecule has 0 atom stereocenters. The number of hydrogen-bond donors (Lipinski definition) is 1. The third kappa shape index (κ3) is 3.31. The van der Waals surface area contributed by atoms with Crippen molar-refractivity contribution in [3.63, 3.8) is 0 Å². The van der Waals surface area contributed by atoms with E-state index in [1.807, 2.05) is 18.2 Å². The fourth-order valence-corrected chi connectivity index (χ4v) is 3.31. The van der Waals surface area contributed by atoms with Gasteiger partial charge >= 0.3 is 0 Å². The number of fused-ring (bicyclic) bond motifs is 1. The topological polar surface area (TPSA) is 29.3 Å². The van der Waals surface area contributed by atoms with Crippen molar-refractivity contribution in [1.29, 1.82) is 0 Å². The summed E-state index contributed by atoms with van der Waals surface area (Å²) in [5.74, 6) is 0. The zero-order chi connectivity index (χ0) is 14.7. The maximum atomic E-state index is 4.76. The average Bonchev–Trinajstić information content (AvgIpc) is 2.85. The Hall–Kier alpha value is -1.30. The molecule has 0 fully saturated rings. The van der Waals surface area contributed by atoms with Gasteiger partial charge in [0.25, 0.3) is 0 Å². The van der Waals surface area contributed by atoms with Crippen molar-refractivity contribution in [1.82, 2.24) is 14.7 Å². The van der Waals surface area contributed by atoms with Gasteiger partial charge in [-0.15, -0.1) is 0 Å². The number of nitrogens with zero attached hydrogens (tertiary/aromatic N) is 2. The highest BCUT2D eigenvalue weighted by molar-refractivity contribution is 9.10. The molecule has 3 nitrogen and oxygen atoms in total. The van der Waals surface area contributed by atoms with Crippen LogP contribution >= 0.6 is 27.7 Å². The smallest absolute Gasteiger partial charge is 0.138 e. The van der Waals surface area contributed by atoms with Crippen molar-refractivity contribution in [3.8, 4) is 0 Å². The van der Waals surface area contributed by atoms with Crippen LogP contribution in [0.1, 0.15) is 12.6 Å². The Morgan fingerprint density at radius 1 is 1.19 bits per heavy atom. The van der Waals surface area contributed by atoms with Gasteiger partial charge in [-0.25, -0.2) is 4.98 Å². The summed E-state index contributed by atoms with van der Waals surface area (Å²) in [6.45, 7) is 3.88. The van der Waals surface area contributed by atoms with Gasteiger partial charge in [0, 0.05) is 22.1 Å². The van der Waals surface area contributed by atoms with Crippen LogP contribution in [0.15, 0.2) is 63.1 Å². The van der Waals surface area contributed by atoms with Crippen molar-refractivity contribution in [2.75, 3.05) is 6.54 Å². The molecule has 0 spiro atoms. The molecule has 1 N–H and O–H groups in total. The van der Waals surface area contributed by atoms with E-state index in [0.29, 0.717) is 0 Å². The predicted molar refractivity (Wildman–Crippen MR) is 90.8 cm³/mol. The molecule has 0 saturated carbocycles. The van der Waals surface area contributed by atoms with E-state index in [1.54, 1.807) is 11.8 Å². The van der Waals surface area contributed by atoms with Crippen LogP contribution in [0.2, 0.25) is 0 Å². The number of nitrogens with one attached hydrogen (secondary N) is 1. The summed E-state index contributed by atoms with van der Waals surface area (Å²) >= 11 is 5.17. The average molecular weight is 362 g/mol. The summed E-state index contributed by atoms with van der Waals surface area (Å²) in [4.78, 5) is 5.95. The monoisotopic (exact) mass is 361 g/mol. The predicted octanol–water partition coefficient (Wildman–Crippen LogP) is 4.36. The second-order valence-corrected chi connectivity index (χ2v) is 6.61. The standard InChI is InChI=1S/C16H16BrN3S/c1-2-18-11-14-16(19-15-5-3-4-10-20(14)15)21-13-8-6-12(17)7-9-13/h3-10,18H,2,11H2,1H3. The molecule has 2 heterocycles. The first-order chi connectivity index (χ1) is 10.3. The van der Waals surface area contributed by atoms with Crippen LogP contribution in [-0.4, -0.2) is 15.9 Å². The van der Waals surface area contributed by atoms with Crippen molar-refractivity contribution < 1.29 is 0 Å². The highest BCUT2D eigenvalue weighted by Gasteiger charge is 2.12. The van der Waals surface area contributed by atoms with E-state index in [0.717, 1.165) is 28.2 Å². The second-order valence-electron chi connectivity index (χ2n) is 4.63. The van der Waals surface area contributed by atoms with Gasteiger partial charge in [-0.05, 0) is 42.9 Å². The number of aromatic nitrogens is 2. The van der Waals surface area contributed by atoms with Crippen molar-refractivity contribution in [2.24, 2.45) is 0 Å². The van der Waals surface area contributed by atoms with Crippen LogP contribution in [0.25, 0.3) is 5.65 Å². The molecule has 0 bridgehead atoms. The number of halogens is 1. The van der Waals surface area contributed by atoms with Crippen LogP contribution in [0.3, 0.4) is 0 Å². The zero-order valence-electron chi connectivity index (χ0n) is 11.7. The Morgan fingerprint density at radius 2 is 2.00 bits per heavy atom. The number of pyridine rings is 1. The van der Waals surface area contributed by atoms with Crippen LogP contribution < -0.4 is 5.32 Å². The Labute approximate surface area is 136 Å². The quantitative estimate of drug-likeness (QED) is 0.731. The summed E-state index contributed by atoms with van der Waals surface area (Å²) in [5.41, 5.74) is 2.20. The summed E-state index contributed by atoms with van der Waals surface area (Å²) < 4.78 is 3.25. The van der Waals surface area contributed by atoms with Gasteiger partial charge in [-0.2, -0.15) is 0 Å². The molecule has 5 heteroatoms. The molecule has 0 aliphatic rings. The van der Waals surface area contributed by atoms with Crippen LogP contribution in [-0.2, 0) is 6.54 Å². The molecule has 0 unspecified atom stereocenters. The minimum Gasteiger partial charge on any atom is -0.311 e. The second kappa shape index (κ2) is 6.64. The van der Waals surface area contributed by atoms with E-state index in [-0.39, 0.29) is 0 Å². The van der Waals surface area contributed by atoms with Gasteiger partial charge < -0.3 is 9.72 Å². The first kappa shape index (κ1) is 14.6. The van der Waals surface area contributed by atoms with Crippen LogP contribution in [0.5, 0.6) is 0 Å². The van der Waals surface area contributed by atoms with Crippen LogP contribution in [0, 0.1) is 0 Å². The molecule has 0 aliphatic carbocycles. The maximum absolute atomic E-state index is 4.76. The molecule has 2 aromatic heterocycles. The summed E-state index contributed by atoms with van der Waals surface area (Å²) in [6, 6.07) is 14.4.